The summed E-state index contributed by atoms with van der Waals surface area (Å²) in [5.74, 6) is 1.58. The molecule has 0 fully saturated rings. The van der Waals surface area contributed by atoms with Crippen LogP contribution < -0.4 is 15.4 Å². The summed E-state index contributed by atoms with van der Waals surface area (Å²) < 4.78 is 7.67. The number of aromatic nitrogens is 2. The molecule has 2 aromatic rings. The van der Waals surface area contributed by atoms with Gasteiger partial charge in [0.15, 0.2) is 5.96 Å². The SMILES string of the molecule is CN=C(NCCCn1nc(C)cc1C)NCCOc1ccc(Cl)cc1. The van der Waals surface area contributed by atoms with Gasteiger partial charge in [0.2, 0.25) is 0 Å². The standard InChI is InChI=1S/C18H26ClN5O/c1-14-13-15(2)24(23-14)11-4-9-21-18(20-3)22-10-12-25-17-7-5-16(19)6-8-17/h5-8,13H,4,9-12H2,1-3H3,(H2,20,21,22). The smallest absolute Gasteiger partial charge is 0.191 e. The minimum absolute atomic E-state index is 0.550. The summed E-state index contributed by atoms with van der Waals surface area (Å²) in [5.41, 5.74) is 2.25. The molecule has 0 radical (unpaired) electrons. The summed E-state index contributed by atoms with van der Waals surface area (Å²) in [6.07, 6.45) is 0.976. The second-order valence-electron chi connectivity index (χ2n) is 5.73. The molecule has 0 bridgehead atoms. The van der Waals surface area contributed by atoms with E-state index in [1.807, 2.05) is 35.9 Å². The van der Waals surface area contributed by atoms with Crippen molar-refractivity contribution in [2.45, 2.75) is 26.8 Å². The van der Waals surface area contributed by atoms with Crippen LogP contribution in [-0.4, -0.2) is 42.5 Å². The van der Waals surface area contributed by atoms with E-state index in [1.165, 1.54) is 5.69 Å². The Kier molecular flexibility index (Phi) is 7.60. The Balaban J connectivity index is 1.60. The Bertz CT molecular complexity index is 681. The van der Waals surface area contributed by atoms with E-state index in [1.54, 1.807) is 7.05 Å². The monoisotopic (exact) mass is 363 g/mol. The maximum absolute atomic E-state index is 5.85. The maximum Gasteiger partial charge on any atom is 0.191 e. The highest BCUT2D eigenvalue weighted by Gasteiger charge is 2.01. The molecule has 25 heavy (non-hydrogen) atoms. The third kappa shape index (κ3) is 6.66. The van der Waals surface area contributed by atoms with E-state index in [2.05, 4.69) is 33.7 Å². The minimum Gasteiger partial charge on any atom is -0.492 e. The van der Waals surface area contributed by atoms with Gasteiger partial charge in [-0.05, 0) is 50.6 Å². The molecule has 136 valence electrons. The van der Waals surface area contributed by atoms with Gasteiger partial charge in [0.25, 0.3) is 0 Å². The van der Waals surface area contributed by atoms with Crippen molar-refractivity contribution in [1.82, 2.24) is 20.4 Å². The van der Waals surface area contributed by atoms with E-state index in [9.17, 15) is 0 Å². The van der Waals surface area contributed by atoms with E-state index in [0.717, 1.165) is 36.9 Å². The lowest BCUT2D eigenvalue weighted by atomic mass is 10.3. The van der Waals surface area contributed by atoms with Crippen LogP contribution in [-0.2, 0) is 6.54 Å². The van der Waals surface area contributed by atoms with Crippen LogP contribution in [0.15, 0.2) is 35.3 Å². The molecule has 0 spiro atoms. The molecular formula is C18H26ClN5O. The average molecular weight is 364 g/mol. The Morgan fingerprint density at radius 1 is 1.20 bits per heavy atom. The van der Waals surface area contributed by atoms with Crippen LogP contribution in [0.25, 0.3) is 0 Å². The third-order valence-corrected chi connectivity index (χ3v) is 3.89. The van der Waals surface area contributed by atoms with E-state index in [4.69, 9.17) is 16.3 Å². The van der Waals surface area contributed by atoms with E-state index < -0.39 is 0 Å². The molecule has 0 saturated heterocycles. The Morgan fingerprint density at radius 2 is 1.92 bits per heavy atom. The van der Waals surface area contributed by atoms with Gasteiger partial charge >= 0.3 is 0 Å². The lowest BCUT2D eigenvalue weighted by Gasteiger charge is -2.13. The number of aryl methyl sites for hydroxylation is 3. The van der Waals surface area contributed by atoms with Crippen LogP contribution in [0.5, 0.6) is 5.75 Å². The van der Waals surface area contributed by atoms with Crippen molar-refractivity contribution in [2.24, 2.45) is 4.99 Å². The van der Waals surface area contributed by atoms with Gasteiger partial charge in [-0.1, -0.05) is 11.6 Å². The van der Waals surface area contributed by atoms with Crippen molar-refractivity contribution in [3.63, 3.8) is 0 Å². The zero-order chi connectivity index (χ0) is 18.1. The molecule has 0 aliphatic heterocycles. The first-order chi connectivity index (χ1) is 12.1. The van der Waals surface area contributed by atoms with Gasteiger partial charge in [0.05, 0.1) is 12.2 Å². The fourth-order valence-electron chi connectivity index (χ4n) is 2.43. The van der Waals surface area contributed by atoms with Crippen molar-refractivity contribution in [3.8, 4) is 5.75 Å². The second kappa shape index (κ2) is 9.93. The number of hydrogen-bond acceptors (Lipinski definition) is 3. The lowest BCUT2D eigenvalue weighted by molar-refractivity contribution is 0.322. The first-order valence-corrected chi connectivity index (χ1v) is 8.80. The summed E-state index contributed by atoms with van der Waals surface area (Å²) in [5, 5.41) is 11.7. The first kappa shape index (κ1) is 19.1. The number of aliphatic imine (C=N–C) groups is 1. The van der Waals surface area contributed by atoms with E-state index in [-0.39, 0.29) is 0 Å². The number of rotatable bonds is 8. The normalized spacial score (nSPS) is 11.4. The van der Waals surface area contributed by atoms with Crippen LogP contribution in [0.1, 0.15) is 17.8 Å². The Hall–Kier alpha value is -2.21. The van der Waals surface area contributed by atoms with Gasteiger partial charge in [0.1, 0.15) is 12.4 Å². The zero-order valence-electron chi connectivity index (χ0n) is 15.1. The van der Waals surface area contributed by atoms with E-state index in [0.29, 0.717) is 18.2 Å². The molecule has 0 unspecified atom stereocenters. The van der Waals surface area contributed by atoms with Gasteiger partial charge < -0.3 is 15.4 Å². The Labute approximate surface area is 154 Å². The Morgan fingerprint density at radius 3 is 2.56 bits per heavy atom. The lowest BCUT2D eigenvalue weighted by Crippen LogP contribution is -2.39. The fraction of sp³-hybridized carbons (Fsp3) is 0.444. The highest BCUT2D eigenvalue weighted by atomic mass is 35.5. The molecule has 0 saturated carbocycles. The topological polar surface area (TPSA) is 63.5 Å². The third-order valence-electron chi connectivity index (χ3n) is 3.64. The molecule has 0 atom stereocenters. The molecule has 0 aliphatic rings. The maximum atomic E-state index is 5.85. The van der Waals surface area contributed by atoms with Crippen LogP contribution in [0.3, 0.4) is 0 Å². The van der Waals surface area contributed by atoms with Gasteiger partial charge in [-0.15, -0.1) is 0 Å². The highest BCUT2D eigenvalue weighted by molar-refractivity contribution is 6.30. The molecule has 2 N–H and O–H groups in total. The average Bonchev–Trinajstić information content (AvgIpc) is 2.92. The van der Waals surface area contributed by atoms with Gasteiger partial charge in [-0.2, -0.15) is 5.10 Å². The number of guanidine groups is 1. The number of nitrogens with one attached hydrogen (secondary N) is 2. The second-order valence-corrected chi connectivity index (χ2v) is 6.17. The zero-order valence-corrected chi connectivity index (χ0v) is 15.8. The van der Waals surface area contributed by atoms with Gasteiger partial charge in [-0.3, -0.25) is 9.67 Å². The summed E-state index contributed by atoms with van der Waals surface area (Å²) in [6.45, 7) is 7.03. The molecule has 1 heterocycles. The number of halogens is 1. The summed E-state index contributed by atoms with van der Waals surface area (Å²) in [4.78, 5) is 4.21. The highest BCUT2D eigenvalue weighted by Crippen LogP contribution is 2.15. The molecule has 7 heteroatoms. The molecule has 0 aliphatic carbocycles. The molecular weight excluding hydrogens is 338 g/mol. The number of nitrogens with zero attached hydrogens (tertiary/aromatic N) is 3. The van der Waals surface area contributed by atoms with E-state index >= 15 is 0 Å². The summed E-state index contributed by atoms with van der Waals surface area (Å²) >= 11 is 5.85. The predicted octanol–water partition coefficient (Wildman–Crippen LogP) is 2.79. The number of ether oxygens (including phenoxy) is 1. The predicted molar refractivity (Wildman–Crippen MR) is 103 cm³/mol. The first-order valence-electron chi connectivity index (χ1n) is 8.42. The van der Waals surface area contributed by atoms with Crippen LogP contribution in [0, 0.1) is 13.8 Å². The quantitative estimate of drug-likeness (QED) is 0.430. The molecule has 6 nitrogen and oxygen atoms in total. The largest absolute Gasteiger partial charge is 0.492 e. The molecule has 1 aromatic heterocycles. The fourth-order valence-corrected chi connectivity index (χ4v) is 2.55. The van der Waals surface area contributed by atoms with Crippen molar-refractivity contribution >= 4 is 17.6 Å². The van der Waals surface area contributed by atoms with Crippen LogP contribution in [0.2, 0.25) is 5.02 Å². The van der Waals surface area contributed by atoms with Gasteiger partial charge in [0, 0.05) is 30.9 Å². The van der Waals surface area contributed by atoms with Crippen molar-refractivity contribution < 1.29 is 4.74 Å². The number of benzene rings is 1. The number of hydrogen-bond donors (Lipinski definition) is 2. The van der Waals surface area contributed by atoms with Crippen molar-refractivity contribution in [1.29, 1.82) is 0 Å². The molecule has 0 amide bonds. The minimum atomic E-state index is 0.550. The van der Waals surface area contributed by atoms with Crippen LogP contribution in [0.4, 0.5) is 0 Å². The van der Waals surface area contributed by atoms with Gasteiger partial charge in [-0.25, -0.2) is 0 Å². The van der Waals surface area contributed by atoms with Crippen molar-refractivity contribution in [2.75, 3.05) is 26.7 Å². The van der Waals surface area contributed by atoms with Crippen LogP contribution >= 0.6 is 11.6 Å². The van der Waals surface area contributed by atoms with Crippen molar-refractivity contribution in [3.05, 3.63) is 46.7 Å². The summed E-state index contributed by atoms with van der Waals surface area (Å²) in [7, 11) is 1.76. The summed E-state index contributed by atoms with van der Waals surface area (Å²) in [6, 6.07) is 9.43. The molecule has 2 rings (SSSR count). The molecule has 1 aromatic carbocycles.